The van der Waals surface area contributed by atoms with Gasteiger partial charge in [-0.1, -0.05) is 12.1 Å². The molecule has 0 aromatic heterocycles. The number of benzene rings is 1. The Kier molecular flexibility index (Phi) is 7.28. The fraction of sp³-hybridized carbons (Fsp3) is 0.524. The smallest absolute Gasteiger partial charge is 0.410 e. The Morgan fingerprint density at radius 3 is 2.56 bits per heavy atom. The first-order valence-electron chi connectivity index (χ1n) is 9.23. The van der Waals surface area contributed by atoms with Crippen LogP contribution in [0.15, 0.2) is 30.3 Å². The van der Waals surface area contributed by atoms with Crippen molar-refractivity contribution in [2.75, 3.05) is 26.8 Å². The zero-order valence-electron chi connectivity index (χ0n) is 16.6. The van der Waals surface area contributed by atoms with Gasteiger partial charge in [0, 0.05) is 19.2 Å². The van der Waals surface area contributed by atoms with E-state index in [4.69, 9.17) is 14.2 Å². The lowest BCUT2D eigenvalue weighted by Gasteiger charge is -2.33. The first kappa shape index (κ1) is 20.8. The van der Waals surface area contributed by atoms with Crippen LogP contribution in [0.25, 0.3) is 6.08 Å². The van der Waals surface area contributed by atoms with Gasteiger partial charge in [0.25, 0.3) is 0 Å². The largest absolute Gasteiger partial charge is 0.497 e. The van der Waals surface area contributed by atoms with E-state index < -0.39 is 5.60 Å². The number of carbonyl (C=O) groups excluding carboxylic acids is 2. The molecule has 0 aliphatic carbocycles. The van der Waals surface area contributed by atoms with E-state index in [1.807, 2.05) is 45.0 Å². The van der Waals surface area contributed by atoms with Crippen LogP contribution < -0.4 is 4.74 Å². The van der Waals surface area contributed by atoms with Gasteiger partial charge in [-0.2, -0.15) is 0 Å². The average molecular weight is 375 g/mol. The summed E-state index contributed by atoms with van der Waals surface area (Å²) in [4.78, 5) is 25.7. The number of carbonyl (C=O) groups is 2. The second-order valence-electron chi connectivity index (χ2n) is 7.65. The van der Waals surface area contributed by atoms with Gasteiger partial charge >= 0.3 is 12.1 Å². The van der Waals surface area contributed by atoms with Gasteiger partial charge in [-0.3, -0.25) is 0 Å². The minimum Gasteiger partial charge on any atom is -0.497 e. The monoisotopic (exact) mass is 375 g/mol. The van der Waals surface area contributed by atoms with Gasteiger partial charge in [0.15, 0.2) is 0 Å². The molecule has 1 aromatic carbocycles. The van der Waals surface area contributed by atoms with E-state index in [0.29, 0.717) is 19.7 Å². The molecule has 0 spiro atoms. The number of methoxy groups -OCH3 is 1. The molecule has 0 saturated carbocycles. The van der Waals surface area contributed by atoms with Crippen LogP contribution in [0.1, 0.15) is 39.2 Å². The van der Waals surface area contributed by atoms with Gasteiger partial charge in [0.2, 0.25) is 0 Å². The van der Waals surface area contributed by atoms with Gasteiger partial charge in [-0.25, -0.2) is 9.59 Å². The van der Waals surface area contributed by atoms with Crippen molar-refractivity contribution in [3.8, 4) is 5.75 Å². The predicted octanol–water partition coefficient (Wildman–Crippen LogP) is 3.90. The van der Waals surface area contributed by atoms with Crippen molar-refractivity contribution in [3.63, 3.8) is 0 Å². The van der Waals surface area contributed by atoms with Gasteiger partial charge in [0.05, 0.1) is 13.7 Å². The zero-order valence-corrected chi connectivity index (χ0v) is 16.6. The second kappa shape index (κ2) is 9.44. The molecule has 2 rings (SSSR count). The molecule has 0 radical (unpaired) electrons. The molecule has 0 unspecified atom stereocenters. The summed E-state index contributed by atoms with van der Waals surface area (Å²) in [5, 5.41) is 0. The normalized spacial score (nSPS) is 15.6. The number of hydrogen-bond acceptors (Lipinski definition) is 5. The summed E-state index contributed by atoms with van der Waals surface area (Å²) < 4.78 is 15.9. The highest BCUT2D eigenvalue weighted by Gasteiger charge is 2.27. The standard InChI is InChI=1S/C21H29NO5/c1-21(2,3)27-20(24)22-12-10-17(11-13-22)15-26-19(23)9-8-16-6-5-7-18(14-16)25-4/h5-9,14,17H,10-13,15H2,1-4H3/b9-8+. The van der Waals surface area contributed by atoms with E-state index in [9.17, 15) is 9.59 Å². The van der Waals surface area contributed by atoms with Crippen molar-refractivity contribution in [1.29, 1.82) is 0 Å². The second-order valence-corrected chi connectivity index (χ2v) is 7.65. The summed E-state index contributed by atoms with van der Waals surface area (Å²) in [6.07, 6.45) is 4.44. The predicted molar refractivity (Wildman–Crippen MR) is 104 cm³/mol. The summed E-state index contributed by atoms with van der Waals surface area (Å²) >= 11 is 0. The summed E-state index contributed by atoms with van der Waals surface area (Å²) in [5.74, 6) is 0.632. The van der Waals surface area contributed by atoms with Crippen LogP contribution in [0.5, 0.6) is 5.75 Å². The number of piperidine rings is 1. The molecule has 1 aliphatic rings. The third kappa shape index (κ3) is 7.33. The maximum absolute atomic E-state index is 12.1. The Morgan fingerprint density at radius 2 is 1.93 bits per heavy atom. The molecule has 6 heteroatoms. The zero-order chi connectivity index (χ0) is 19.9. The topological polar surface area (TPSA) is 65.1 Å². The van der Waals surface area contributed by atoms with Crippen molar-refractivity contribution in [2.45, 2.75) is 39.2 Å². The third-order valence-electron chi connectivity index (χ3n) is 4.23. The molecule has 1 amide bonds. The molecule has 27 heavy (non-hydrogen) atoms. The minimum atomic E-state index is -0.488. The Balaban J connectivity index is 1.72. The molecule has 148 valence electrons. The molecule has 1 aromatic rings. The quantitative estimate of drug-likeness (QED) is 0.577. The van der Waals surface area contributed by atoms with E-state index in [1.165, 1.54) is 6.08 Å². The van der Waals surface area contributed by atoms with Crippen molar-refractivity contribution >= 4 is 18.1 Å². The summed E-state index contributed by atoms with van der Waals surface area (Å²) in [5.41, 5.74) is 0.385. The molecular formula is C21H29NO5. The molecule has 1 heterocycles. The van der Waals surface area contributed by atoms with Crippen LogP contribution in [0.2, 0.25) is 0 Å². The SMILES string of the molecule is COc1cccc(/C=C/C(=O)OCC2CCN(C(=O)OC(C)(C)C)CC2)c1. The van der Waals surface area contributed by atoms with Gasteiger partial charge < -0.3 is 19.1 Å². The lowest BCUT2D eigenvalue weighted by Crippen LogP contribution is -2.42. The highest BCUT2D eigenvalue weighted by molar-refractivity contribution is 5.87. The number of rotatable bonds is 5. The van der Waals surface area contributed by atoms with Crippen LogP contribution in [-0.2, 0) is 14.3 Å². The molecule has 6 nitrogen and oxygen atoms in total. The number of nitrogens with zero attached hydrogens (tertiary/aromatic N) is 1. The minimum absolute atomic E-state index is 0.262. The maximum Gasteiger partial charge on any atom is 0.410 e. The van der Waals surface area contributed by atoms with E-state index in [1.54, 1.807) is 18.1 Å². The number of likely N-dealkylation sites (tertiary alicyclic amines) is 1. The lowest BCUT2D eigenvalue weighted by molar-refractivity contribution is -0.139. The van der Waals surface area contributed by atoms with Gasteiger partial charge in [-0.15, -0.1) is 0 Å². The van der Waals surface area contributed by atoms with Crippen molar-refractivity contribution in [2.24, 2.45) is 5.92 Å². The highest BCUT2D eigenvalue weighted by atomic mass is 16.6. The van der Waals surface area contributed by atoms with Crippen LogP contribution in [0, 0.1) is 5.92 Å². The third-order valence-corrected chi connectivity index (χ3v) is 4.23. The number of hydrogen-bond donors (Lipinski definition) is 0. The fourth-order valence-corrected chi connectivity index (χ4v) is 2.77. The van der Waals surface area contributed by atoms with Crippen molar-refractivity contribution in [1.82, 2.24) is 4.90 Å². The molecule has 1 aliphatic heterocycles. The van der Waals surface area contributed by atoms with Crippen molar-refractivity contribution < 1.29 is 23.8 Å². The molecular weight excluding hydrogens is 346 g/mol. The average Bonchev–Trinajstić information content (AvgIpc) is 2.64. The molecule has 0 bridgehead atoms. The van der Waals surface area contributed by atoms with Crippen LogP contribution in [0.4, 0.5) is 4.79 Å². The molecule has 0 N–H and O–H groups in total. The molecule has 0 atom stereocenters. The number of ether oxygens (including phenoxy) is 3. The van der Waals surface area contributed by atoms with Gasteiger partial charge in [0.1, 0.15) is 11.4 Å². The summed E-state index contributed by atoms with van der Waals surface area (Å²) in [7, 11) is 1.60. The van der Waals surface area contributed by atoms with E-state index in [0.717, 1.165) is 24.2 Å². The number of esters is 1. The fourth-order valence-electron chi connectivity index (χ4n) is 2.77. The Hall–Kier alpha value is -2.50. The molecule has 1 fully saturated rings. The van der Waals surface area contributed by atoms with Crippen molar-refractivity contribution in [3.05, 3.63) is 35.9 Å². The van der Waals surface area contributed by atoms with Crippen LogP contribution in [-0.4, -0.2) is 49.4 Å². The number of amides is 1. The van der Waals surface area contributed by atoms with Gasteiger partial charge in [-0.05, 0) is 63.3 Å². The first-order valence-corrected chi connectivity index (χ1v) is 9.23. The summed E-state index contributed by atoms with van der Waals surface area (Å²) in [6.45, 7) is 7.18. The maximum atomic E-state index is 12.1. The molecule has 1 saturated heterocycles. The lowest BCUT2D eigenvalue weighted by atomic mass is 9.98. The first-order chi connectivity index (χ1) is 12.8. The van der Waals surface area contributed by atoms with Crippen LogP contribution >= 0.6 is 0 Å². The Labute approximate surface area is 161 Å². The van der Waals surface area contributed by atoms with E-state index in [-0.39, 0.29) is 18.0 Å². The van der Waals surface area contributed by atoms with E-state index in [2.05, 4.69) is 0 Å². The van der Waals surface area contributed by atoms with Crippen LogP contribution in [0.3, 0.4) is 0 Å². The Morgan fingerprint density at radius 1 is 1.22 bits per heavy atom. The highest BCUT2D eigenvalue weighted by Crippen LogP contribution is 2.20. The Bertz CT molecular complexity index is 669. The summed E-state index contributed by atoms with van der Waals surface area (Å²) in [6, 6.07) is 7.44. The van der Waals surface area contributed by atoms with E-state index >= 15 is 0 Å².